The second-order valence-electron chi connectivity index (χ2n) is 6.30. The molecule has 21 heavy (non-hydrogen) atoms. The lowest BCUT2D eigenvalue weighted by molar-refractivity contribution is 0.0675. The molecule has 1 aliphatic rings. The predicted molar refractivity (Wildman–Crippen MR) is 88.9 cm³/mol. The molecule has 0 bridgehead atoms. The van der Waals surface area contributed by atoms with Crippen LogP contribution in [0.15, 0.2) is 18.2 Å². The fourth-order valence-corrected chi connectivity index (χ4v) is 3.35. The lowest BCUT2D eigenvalue weighted by Gasteiger charge is -2.34. The summed E-state index contributed by atoms with van der Waals surface area (Å²) in [7, 11) is 3.83. The number of amides is 1. The van der Waals surface area contributed by atoms with Gasteiger partial charge in [0.1, 0.15) is 0 Å². The van der Waals surface area contributed by atoms with Gasteiger partial charge in [0, 0.05) is 25.8 Å². The van der Waals surface area contributed by atoms with E-state index in [1.165, 1.54) is 19.3 Å². The average Bonchev–Trinajstić information content (AvgIpc) is 2.53. The molecule has 0 atom stereocenters. The SMILES string of the molecule is CCC1CCC(N(C)C(=O)c2cc(C)ccc2NC)CC1. The maximum absolute atomic E-state index is 12.8. The van der Waals surface area contributed by atoms with E-state index in [1.807, 2.05) is 44.1 Å². The number of benzene rings is 1. The zero-order valence-electron chi connectivity index (χ0n) is 13.8. The molecule has 1 aromatic rings. The molecule has 1 aliphatic carbocycles. The predicted octanol–water partition coefficient (Wildman–Crippen LogP) is 4.08. The summed E-state index contributed by atoms with van der Waals surface area (Å²) in [5.74, 6) is 1.000. The molecule has 0 heterocycles. The molecule has 1 fully saturated rings. The third-order valence-electron chi connectivity index (χ3n) is 4.94. The third kappa shape index (κ3) is 3.58. The van der Waals surface area contributed by atoms with Crippen LogP contribution in [0.5, 0.6) is 0 Å². The van der Waals surface area contributed by atoms with E-state index in [2.05, 4.69) is 12.2 Å². The molecule has 0 radical (unpaired) electrons. The highest BCUT2D eigenvalue weighted by Gasteiger charge is 2.27. The Labute approximate surface area is 128 Å². The highest BCUT2D eigenvalue weighted by atomic mass is 16.2. The van der Waals surface area contributed by atoms with Crippen molar-refractivity contribution in [2.75, 3.05) is 19.4 Å². The normalized spacial score (nSPS) is 21.9. The van der Waals surface area contributed by atoms with E-state index in [1.54, 1.807) is 0 Å². The van der Waals surface area contributed by atoms with Gasteiger partial charge < -0.3 is 10.2 Å². The van der Waals surface area contributed by atoms with Crippen molar-refractivity contribution < 1.29 is 4.79 Å². The van der Waals surface area contributed by atoms with E-state index in [0.717, 1.165) is 35.6 Å². The molecule has 1 saturated carbocycles. The topological polar surface area (TPSA) is 32.3 Å². The minimum Gasteiger partial charge on any atom is -0.387 e. The minimum atomic E-state index is 0.142. The van der Waals surface area contributed by atoms with Crippen molar-refractivity contribution in [2.24, 2.45) is 5.92 Å². The van der Waals surface area contributed by atoms with Crippen LogP contribution < -0.4 is 5.32 Å². The second-order valence-corrected chi connectivity index (χ2v) is 6.30. The van der Waals surface area contributed by atoms with Crippen molar-refractivity contribution in [3.63, 3.8) is 0 Å². The van der Waals surface area contributed by atoms with Crippen LogP contribution in [0.2, 0.25) is 0 Å². The van der Waals surface area contributed by atoms with Crippen LogP contribution in [0.3, 0.4) is 0 Å². The first-order valence-electron chi connectivity index (χ1n) is 8.12. The van der Waals surface area contributed by atoms with Gasteiger partial charge in [0.15, 0.2) is 0 Å². The van der Waals surface area contributed by atoms with E-state index >= 15 is 0 Å². The van der Waals surface area contributed by atoms with Gasteiger partial charge in [0.05, 0.1) is 5.56 Å². The van der Waals surface area contributed by atoms with Crippen molar-refractivity contribution in [2.45, 2.75) is 52.0 Å². The third-order valence-corrected chi connectivity index (χ3v) is 4.94. The molecule has 0 aromatic heterocycles. The van der Waals surface area contributed by atoms with Gasteiger partial charge >= 0.3 is 0 Å². The molecular weight excluding hydrogens is 260 g/mol. The summed E-state index contributed by atoms with van der Waals surface area (Å²) < 4.78 is 0. The number of carbonyl (C=O) groups excluding carboxylic acids is 1. The molecular formula is C18H28N2O. The Morgan fingerprint density at radius 1 is 1.29 bits per heavy atom. The maximum atomic E-state index is 12.8. The number of rotatable bonds is 4. The molecule has 3 nitrogen and oxygen atoms in total. The van der Waals surface area contributed by atoms with Gasteiger partial charge in [-0.05, 0) is 50.7 Å². The van der Waals surface area contributed by atoms with Crippen LogP contribution in [0.1, 0.15) is 54.9 Å². The van der Waals surface area contributed by atoms with Gasteiger partial charge in [-0.1, -0.05) is 25.0 Å². The number of anilines is 1. The first kappa shape index (κ1) is 15.9. The Bertz CT molecular complexity index is 490. The van der Waals surface area contributed by atoms with Gasteiger partial charge in [-0.25, -0.2) is 0 Å². The zero-order chi connectivity index (χ0) is 15.4. The van der Waals surface area contributed by atoms with Crippen molar-refractivity contribution in [3.8, 4) is 0 Å². The highest BCUT2D eigenvalue weighted by molar-refractivity contribution is 5.99. The maximum Gasteiger partial charge on any atom is 0.255 e. The fourth-order valence-electron chi connectivity index (χ4n) is 3.35. The summed E-state index contributed by atoms with van der Waals surface area (Å²) in [6.07, 6.45) is 6.06. The van der Waals surface area contributed by atoms with E-state index in [-0.39, 0.29) is 5.91 Å². The molecule has 1 N–H and O–H groups in total. The fraction of sp³-hybridized carbons (Fsp3) is 0.611. The molecule has 116 valence electrons. The Morgan fingerprint density at radius 3 is 2.52 bits per heavy atom. The smallest absolute Gasteiger partial charge is 0.255 e. The largest absolute Gasteiger partial charge is 0.387 e. The molecule has 0 saturated heterocycles. The monoisotopic (exact) mass is 288 g/mol. The quantitative estimate of drug-likeness (QED) is 0.905. The van der Waals surface area contributed by atoms with Crippen molar-refractivity contribution in [3.05, 3.63) is 29.3 Å². The Kier molecular flexibility index (Phi) is 5.27. The zero-order valence-corrected chi connectivity index (χ0v) is 13.8. The standard InChI is InChI=1S/C18H28N2O/c1-5-14-7-9-15(10-8-14)20(4)18(21)16-12-13(2)6-11-17(16)19-3/h6,11-12,14-15,19H,5,7-10H2,1-4H3. The van der Waals surface area contributed by atoms with Gasteiger partial charge in [0.25, 0.3) is 5.91 Å². The Morgan fingerprint density at radius 2 is 1.95 bits per heavy atom. The van der Waals surface area contributed by atoms with Gasteiger partial charge in [-0.15, -0.1) is 0 Å². The van der Waals surface area contributed by atoms with E-state index in [9.17, 15) is 4.79 Å². The second kappa shape index (κ2) is 6.97. The summed E-state index contributed by atoms with van der Waals surface area (Å²) in [5.41, 5.74) is 2.83. The summed E-state index contributed by atoms with van der Waals surface area (Å²) in [4.78, 5) is 14.8. The summed E-state index contributed by atoms with van der Waals surface area (Å²) in [5, 5.41) is 3.13. The van der Waals surface area contributed by atoms with Crippen molar-refractivity contribution in [1.82, 2.24) is 4.90 Å². The van der Waals surface area contributed by atoms with Gasteiger partial charge in [0.2, 0.25) is 0 Å². The number of nitrogens with one attached hydrogen (secondary N) is 1. The molecule has 0 aliphatic heterocycles. The van der Waals surface area contributed by atoms with Crippen LogP contribution in [0.25, 0.3) is 0 Å². The minimum absolute atomic E-state index is 0.142. The molecule has 0 unspecified atom stereocenters. The lowest BCUT2D eigenvalue weighted by atomic mass is 9.84. The van der Waals surface area contributed by atoms with E-state index in [4.69, 9.17) is 0 Å². The Hall–Kier alpha value is -1.51. The molecule has 2 rings (SSSR count). The first-order chi connectivity index (χ1) is 10.1. The van der Waals surface area contributed by atoms with Crippen LogP contribution in [-0.2, 0) is 0 Å². The van der Waals surface area contributed by atoms with Crippen LogP contribution in [0.4, 0.5) is 5.69 Å². The summed E-state index contributed by atoms with van der Waals surface area (Å²) in [6, 6.07) is 6.41. The van der Waals surface area contributed by atoms with Crippen LogP contribution in [-0.4, -0.2) is 30.9 Å². The average molecular weight is 288 g/mol. The number of nitrogens with zero attached hydrogens (tertiary/aromatic N) is 1. The molecule has 1 aromatic carbocycles. The van der Waals surface area contributed by atoms with E-state index in [0.29, 0.717) is 6.04 Å². The molecule has 1 amide bonds. The summed E-state index contributed by atoms with van der Waals surface area (Å²) in [6.45, 7) is 4.30. The van der Waals surface area contributed by atoms with Crippen LogP contribution >= 0.6 is 0 Å². The first-order valence-corrected chi connectivity index (χ1v) is 8.12. The Balaban J connectivity index is 2.11. The number of hydrogen-bond donors (Lipinski definition) is 1. The van der Waals surface area contributed by atoms with Gasteiger partial charge in [-0.3, -0.25) is 4.79 Å². The van der Waals surface area contributed by atoms with Crippen LogP contribution in [0, 0.1) is 12.8 Å². The van der Waals surface area contributed by atoms with E-state index < -0.39 is 0 Å². The van der Waals surface area contributed by atoms with Gasteiger partial charge in [-0.2, -0.15) is 0 Å². The van der Waals surface area contributed by atoms with Crippen molar-refractivity contribution in [1.29, 1.82) is 0 Å². The molecule has 0 spiro atoms. The number of aryl methyl sites for hydroxylation is 1. The highest BCUT2D eigenvalue weighted by Crippen LogP contribution is 2.30. The number of hydrogen-bond acceptors (Lipinski definition) is 2. The van der Waals surface area contributed by atoms with Crippen molar-refractivity contribution >= 4 is 11.6 Å². The number of carbonyl (C=O) groups is 1. The summed E-state index contributed by atoms with van der Waals surface area (Å²) >= 11 is 0. The molecule has 3 heteroatoms. The lowest BCUT2D eigenvalue weighted by Crippen LogP contribution is -2.39.